The molecule has 1 aromatic carbocycles. The molecular weight excluding hydrogens is 345 g/mol. The molecular formula is C18H29Cl2N3O. The van der Waals surface area contributed by atoms with Crippen molar-refractivity contribution in [2.24, 2.45) is 5.41 Å². The third-order valence-electron chi connectivity index (χ3n) is 5.14. The molecule has 24 heavy (non-hydrogen) atoms. The number of para-hydroxylation sites is 1. The van der Waals surface area contributed by atoms with Crippen LogP contribution >= 0.6 is 24.8 Å². The molecule has 3 rings (SSSR count). The minimum absolute atomic E-state index is 0. The van der Waals surface area contributed by atoms with E-state index in [1.807, 2.05) is 0 Å². The lowest BCUT2D eigenvalue weighted by Gasteiger charge is -2.42. The van der Waals surface area contributed by atoms with Gasteiger partial charge in [0.1, 0.15) is 0 Å². The topological polar surface area (TPSA) is 35.6 Å². The molecule has 1 aromatic rings. The van der Waals surface area contributed by atoms with Gasteiger partial charge in [0.2, 0.25) is 5.91 Å². The highest BCUT2D eigenvalue weighted by Gasteiger charge is 2.38. The van der Waals surface area contributed by atoms with Gasteiger partial charge < -0.3 is 15.1 Å². The van der Waals surface area contributed by atoms with Crippen molar-refractivity contribution in [2.45, 2.75) is 26.7 Å². The van der Waals surface area contributed by atoms with E-state index in [4.69, 9.17) is 0 Å². The average molecular weight is 374 g/mol. The number of nitrogens with one attached hydrogen (secondary N) is 1. The Bertz CT molecular complexity index is 539. The highest BCUT2D eigenvalue weighted by atomic mass is 35.5. The lowest BCUT2D eigenvalue weighted by Crippen LogP contribution is -2.56. The van der Waals surface area contributed by atoms with Crippen LogP contribution < -0.4 is 10.2 Å². The summed E-state index contributed by atoms with van der Waals surface area (Å²) in [5.74, 6) is 0.337. The van der Waals surface area contributed by atoms with Gasteiger partial charge >= 0.3 is 0 Å². The standard InChI is InChI=1S/C18H27N3O.2ClH/c1-15-6-3-4-7-16(15)20-10-12-21(13-11-20)17(22)18(2)8-5-9-19-14-18;;/h3-4,6-7,19H,5,8-14H2,1-2H3;2*1H. The first-order chi connectivity index (χ1) is 10.6. The van der Waals surface area contributed by atoms with Crippen molar-refractivity contribution in [3.05, 3.63) is 29.8 Å². The zero-order valence-corrected chi connectivity index (χ0v) is 16.2. The first-order valence-electron chi connectivity index (χ1n) is 8.41. The van der Waals surface area contributed by atoms with Crippen molar-refractivity contribution in [2.75, 3.05) is 44.2 Å². The summed E-state index contributed by atoms with van der Waals surface area (Å²) in [6.45, 7) is 9.68. The number of amides is 1. The number of piperazine rings is 1. The number of carbonyl (C=O) groups excluding carboxylic acids is 1. The van der Waals surface area contributed by atoms with E-state index in [0.29, 0.717) is 5.91 Å². The van der Waals surface area contributed by atoms with Crippen molar-refractivity contribution in [3.8, 4) is 0 Å². The van der Waals surface area contributed by atoms with Crippen LogP contribution in [0.2, 0.25) is 0 Å². The van der Waals surface area contributed by atoms with E-state index in [0.717, 1.165) is 52.1 Å². The minimum atomic E-state index is -0.205. The number of carbonyl (C=O) groups is 1. The lowest BCUT2D eigenvalue weighted by atomic mass is 9.81. The predicted octanol–water partition coefficient (Wildman–Crippen LogP) is 2.88. The highest BCUT2D eigenvalue weighted by molar-refractivity contribution is 5.85. The van der Waals surface area contributed by atoms with E-state index >= 15 is 0 Å². The Kier molecular flexibility index (Phi) is 7.84. The van der Waals surface area contributed by atoms with Crippen LogP contribution in [0.1, 0.15) is 25.3 Å². The molecule has 0 aromatic heterocycles. The molecule has 2 aliphatic rings. The van der Waals surface area contributed by atoms with Crippen LogP contribution in [0.5, 0.6) is 0 Å². The first-order valence-corrected chi connectivity index (χ1v) is 8.41. The van der Waals surface area contributed by atoms with Gasteiger partial charge in [-0.2, -0.15) is 0 Å². The third kappa shape index (κ3) is 4.35. The van der Waals surface area contributed by atoms with Crippen LogP contribution in [0.4, 0.5) is 5.69 Å². The molecule has 6 heteroatoms. The maximum atomic E-state index is 12.9. The minimum Gasteiger partial charge on any atom is -0.368 e. The van der Waals surface area contributed by atoms with Crippen molar-refractivity contribution >= 4 is 36.4 Å². The number of hydrogen-bond acceptors (Lipinski definition) is 3. The van der Waals surface area contributed by atoms with Gasteiger partial charge in [0.25, 0.3) is 0 Å². The van der Waals surface area contributed by atoms with Gasteiger partial charge in [0, 0.05) is 38.4 Å². The van der Waals surface area contributed by atoms with Crippen molar-refractivity contribution in [3.63, 3.8) is 0 Å². The van der Waals surface area contributed by atoms with E-state index in [9.17, 15) is 4.79 Å². The molecule has 0 spiro atoms. The molecule has 2 aliphatic heterocycles. The SMILES string of the molecule is Cc1ccccc1N1CCN(C(=O)C2(C)CCCNC2)CC1.Cl.Cl. The Labute approximate surface area is 157 Å². The molecule has 0 radical (unpaired) electrons. The van der Waals surface area contributed by atoms with E-state index in [1.165, 1.54) is 11.3 Å². The normalized spacial score (nSPS) is 23.9. The zero-order chi connectivity index (χ0) is 15.6. The van der Waals surface area contributed by atoms with E-state index in [2.05, 4.69) is 53.2 Å². The molecule has 2 heterocycles. The summed E-state index contributed by atoms with van der Waals surface area (Å²) in [7, 11) is 0. The number of hydrogen-bond donors (Lipinski definition) is 1. The van der Waals surface area contributed by atoms with Gasteiger partial charge in [0.15, 0.2) is 0 Å². The summed E-state index contributed by atoms with van der Waals surface area (Å²) in [5, 5.41) is 3.38. The molecule has 2 fully saturated rings. The third-order valence-corrected chi connectivity index (χ3v) is 5.14. The fourth-order valence-corrected chi connectivity index (χ4v) is 3.69. The number of piperidine rings is 1. The zero-order valence-electron chi connectivity index (χ0n) is 14.6. The second kappa shape index (κ2) is 8.93. The number of rotatable bonds is 2. The number of benzene rings is 1. The van der Waals surface area contributed by atoms with Crippen LogP contribution in [0.3, 0.4) is 0 Å². The average Bonchev–Trinajstić information content (AvgIpc) is 2.55. The lowest BCUT2D eigenvalue weighted by molar-refractivity contribution is -0.142. The van der Waals surface area contributed by atoms with Gasteiger partial charge in [-0.05, 0) is 44.9 Å². The molecule has 0 saturated carbocycles. The number of anilines is 1. The summed E-state index contributed by atoms with van der Waals surface area (Å²) >= 11 is 0. The van der Waals surface area contributed by atoms with Gasteiger partial charge in [-0.25, -0.2) is 0 Å². The van der Waals surface area contributed by atoms with E-state index in [1.54, 1.807) is 0 Å². The summed E-state index contributed by atoms with van der Waals surface area (Å²) < 4.78 is 0. The number of halogens is 2. The first kappa shape index (κ1) is 21.1. The van der Waals surface area contributed by atoms with Crippen molar-refractivity contribution in [1.82, 2.24) is 10.2 Å². The molecule has 1 unspecified atom stereocenters. The van der Waals surface area contributed by atoms with Gasteiger partial charge in [-0.15, -0.1) is 24.8 Å². The number of nitrogens with zero attached hydrogens (tertiary/aromatic N) is 2. The largest absolute Gasteiger partial charge is 0.368 e. The van der Waals surface area contributed by atoms with Gasteiger partial charge in [-0.1, -0.05) is 18.2 Å². The molecule has 136 valence electrons. The van der Waals surface area contributed by atoms with Crippen LogP contribution in [0.15, 0.2) is 24.3 Å². The molecule has 2 saturated heterocycles. The van der Waals surface area contributed by atoms with Gasteiger partial charge in [-0.3, -0.25) is 4.79 Å². The van der Waals surface area contributed by atoms with Crippen LogP contribution in [-0.4, -0.2) is 50.1 Å². The second-order valence-corrected chi connectivity index (χ2v) is 6.91. The highest BCUT2D eigenvalue weighted by Crippen LogP contribution is 2.29. The van der Waals surface area contributed by atoms with Crippen LogP contribution in [0, 0.1) is 12.3 Å². The maximum Gasteiger partial charge on any atom is 0.229 e. The summed E-state index contributed by atoms with van der Waals surface area (Å²) in [6.07, 6.45) is 2.11. The van der Waals surface area contributed by atoms with E-state index in [-0.39, 0.29) is 30.2 Å². The summed E-state index contributed by atoms with van der Waals surface area (Å²) in [5.41, 5.74) is 2.41. The van der Waals surface area contributed by atoms with Crippen molar-refractivity contribution in [1.29, 1.82) is 0 Å². The molecule has 1 atom stereocenters. The molecule has 4 nitrogen and oxygen atoms in total. The number of aryl methyl sites for hydroxylation is 1. The smallest absolute Gasteiger partial charge is 0.229 e. The van der Waals surface area contributed by atoms with Crippen molar-refractivity contribution < 1.29 is 4.79 Å². The van der Waals surface area contributed by atoms with Gasteiger partial charge in [0.05, 0.1) is 5.41 Å². The quantitative estimate of drug-likeness (QED) is 0.865. The Balaban J connectivity index is 0.00000144. The summed E-state index contributed by atoms with van der Waals surface area (Å²) in [6, 6.07) is 8.50. The fraction of sp³-hybridized carbons (Fsp3) is 0.611. The van der Waals surface area contributed by atoms with Crippen LogP contribution in [-0.2, 0) is 4.79 Å². The van der Waals surface area contributed by atoms with Crippen LogP contribution in [0.25, 0.3) is 0 Å². The molecule has 1 N–H and O–H groups in total. The molecule has 0 bridgehead atoms. The Hall–Kier alpha value is -0.970. The van der Waals surface area contributed by atoms with E-state index < -0.39 is 0 Å². The fourth-order valence-electron chi connectivity index (χ4n) is 3.69. The Morgan fingerprint density at radius 3 is 2.38 bits per heavy atom. The second-order valence-electron chi connectivity index (χ2n) is 6.91. The summed E-state index contributed by atoms with van der Waals surface area (Å²) in [4.78, 5) is 17.3. The maximum absolute atomic E-state index is 12.9. The Morgan fingerprint density at radius 1 is 1.12 bits per heavy atom. The molecule has 0 aliphatic carbocycles. The monoisotopic (exact) mass is 373 g/mol. The Morgan fingerprint density at radius 2 is 1.79 bits per heavy atom. The predicted molar refractivity (Wildman–Crippen MR) is 105 cm³/mol. The molecule has 1 amide bonds.